The van der Waals surface area contributed by atoms with Crippen molar-refractivity contribution in [3.8, 4) is 10.7 Å². The summed E-state index contributed by atoms with van der Waals surface area (Å²) in [6, 6.07) is 9.30. The topological polar surface area (TPSA) is 77.2 Å². The molecule has 3 rings (SSSR count). The van der Waals surface area contributed by atoms with E-state index in [0.717, 1.165) is 16.1 Å². The van der Waals surface area contributed by atoms with Crippen molar-refractivity contribution in [2.45, 2.75) is 13.5 Å². The summed E-state index contributed by atoms with van der Waals surface area (Å²) in [6.07, 6.45) is 0. The summed E-state index contributed by atoms with van der Waals surface area (Å²) < 4.78 is 10.0. The average Bonchev–Trinajstić information content (AvgIpc) is 3.24. The lowest BCUT2D eigenvalue weighted by Crippen LogP contribution is -2.07. The normalized spacial score (nSPS) is 10.5. The molecule has 0 aliphatic carbocycles. The fraction of sp³-hybridized carbons (Fsp3) is 0.188. The van der Waals surface area contributed by atoms with Crippen LogP contribution in [0.15, 0.2) is 40.2 Å². The van der Waals surface area contributed by atoms with Crippen LogP contribution < -0.4 is 5.32 Å². The molecule has 0 aliphatic rings. The fourth-order valence-corrected chi connectivity index (χ4v) is 2.81. The Kier molecular flexibility index (Phi) is 4.38. The van der Waals surface area contributed by atoms with Gasteiger partial charge in [0.25, 0.3) is 0 Å². The van der Waals surface area contributed by atoms with Crippen molar-refractivity contribution < 1.29 is 14.1 Å². The van der Waals surface area contributed by atoms with Gasteiger partial charge in [-0.2, -0.15) is 4.98 Å². The zero-order chi connectivity index (χ0) is 16.2. The maximum atomic E-state index is 11.7. The van der Waals surface area contributed by atoms with E-state index in [9.17, 15) is 4.79 Å². The molecule has 0 saturated heterocycles. The van der Waals surface area contributed by atoms with Gasteiger partial charge in [0, 0.05) is 5.69 Å². The van der Waals surface area contributed by atoms with Crippen molar-refractivity contribution >= 4 is 23.0 Å². The number of hydrogen-bond acceptors (Lipinski definition) is 7. The fourth-order valence-electron chi connectivity index (χ4n) is 2.16. The maximum absolute atomic E-state index is 11.7. The molecule has 23 heavy (non-hydrogen) atoms. The number of thiophene rings is 1. The predicted molar refractivity (Wildman–Crippen MR) is 87.5 cm³/mol. The molecule has 2 aromatic heterocycles. The van der Waals surface area contributed by atoms with Gasteiger partial charge in [-0.1, -0.05) is 17.3 Å². The van der Waals surface area contributed by atoms with E-state index in [1.807, 2.05) is 30.5 Å². The van der Waals surface area contributed by atoms with Crippen LogP contribution in [0.4, 0.5) is 5.69 Å². The summed E-state index contributed by atoms with van der Waals surface area (Å²) in [5, 5.41) is 9.13. The van der Waals surface area contributed by atoms with Gasteiger partial charge in [-0.15, -0.1) is 11.3 Å². The van der Waals surface area contributed by atoms with Crippen molar-refractivity contribution in [2.24, 2.45) is 0 Å². The minimum atomic E-state index is -0.357. The van der Waals surface area contributed by atoms with Gasteiger partial charge in [-0.05, 0) is 36.1 Å². The zero-order valence-electron chi connectivity index (χ0n) is 12.7. The Labute approximate surface area is 137 Å². The number of aromatic nitrogens is 2. The molecule has 7 heteroatoms. The van der Waals surface area contributed by atoms with E-state index in [1.165, 1.54) is 7.11 Å². The van der Waals surface area contributed by atoms with E-state index in [4.69, 9.17) is 9.26 Å². The number of rotatable bonds is 5. The van der Waals surface area contributed by atoms with Crippen LogP contribution in [0.1, 0.15) is 21.8 Å². The first-order chi connectivity index (χ1) is 11.2. The number of esters is 1. The molecular weight excluding hydrogens is 314 g/mol. The summed E-state index contributed by atoms with van der Waals surface area (Å²) in [4.78, 5) is 17.0. The largest absolute Gasteiger partial charge is 0.465 e. The van der Waals surface area contributed by atoms with E-state index in [2.05, 4.69) is 15.5 Å². The molecular formula is C16H15N3O3S. The highest BCUT2D eigenvalue weighted by Gasteiger charge is 2.13. The lowest BCUT2D eigenvalue weighted by atomic mass is 10.1. The van der Waals surface area contributed by atoms with Crippen LogP contribution in [0.25, 0.3) is 10.7 Å². The van der Waals surface area contributed by atoms with E-state index in [1.54, 1.807) is 23.5 Å². The summed E-state index contributed by atoms with van der Waals surface area (Å²) in [7, 11) is 1.37. The molecule has 0 amide bonds. The number of carbonyl (C=O) groups is 1. The quantitative estimate of drug-likeness (QED) is 0.722. The van der Waals surface area contributed by atoms with Crippen molar-refractivity contribution in [2.75, 3.05) is 12.4 Å². The van der Waals surface area contributed by atoms with Crippen molar-refractivity contribution in [1.29, 1.82) is 0 Å². The predicted octanol–water partition coefficient (Wildman–Crippen LogP) is 3.51. The number of ether oxygens (including phenoxy) is 1. The molecule has 0 radical (unpaired) electrons. The molecule has 3 aromatic rings. The second-order valence-corrected chi connectivity index (χ2v) is 5.76. The van der Waals surface area contributed by atoms with Gasteiger partial charge in [0.05, 0.1) is 24.1 Å². The van der Waals surface area contributed by atoms with Gasteiger partial charge in [0.1, 0.15) is 0 Å². The Hall–Kier alpha value is -2.67. The number of carbonyl (C=O) groups excluding carboxylic acids is 1. The number of methoxy groups -OCH3 is 1. The summed E-state index contributed by atoms with van der Waals surface area (Å²) in [5.41, 5.74) is 2.17. The highest BCUT2D eigenvalue weighted by atomic mass is 32.1. The van der Waals surface area contributed by atoms with Crippen LogP contribution >= 0.6 is 11.3 Å². The second kappa shape index (κ2) is 6.62. The molecule has 0 spiro atoms. The van der Waals surface area contributed by atoms with Crippen molar-refractivity contribution in [3.05, 3.63) is 52.7 Å². The molecule has 0 aliphatic heterocycles. The smallest absolute Gasteiger partial charge is 0.338 e. The number of hydrogen-bond donors (Lipinski definition) is 1. The monoisotopic (exact) mass is 329 g/mol. The molecule has 6 nitrogen and oxygen atoms in total. The Morgan fingerprint density at radius 3 is 2.96 bits per heavy atom. The Balaban J connectivity index is 1.73. The van der Waals surface area contributed by atoms with Gasteiger partial charge >= 0.3 is 5.97 Å². The Morgan fingerprint density at radius 2 is 2.22 bits per heavy atom. The molecule has 118 valence electrons. The Morgan fingerprint density at radius 1 is 1.35 bits per heavy atom. The lowest BCUT2D eigenvalue weighted by Gasteiger charge is -2.10. The van der Waals surface area contributed by atoms with E-state index >= 15 is 0 Å². The number of nitrogens with zero attached hydrogens (tertiary/aromatic N) is 2. The zero-order valence-corrected chi connectivity index (χ0v) is 13.5. The van der Waals surface area contributed by atoms with Crippen molar-refractivity contribution in [3.63, 3.8) is 0 Å². The van der Waals surface area contributed by atoms with Gasteiger partial charge in [-0.25, -0.2) is 4.79 Å². The van der Waals surface area contributed by atoms with Crippen LogP contribution in [0.3, 0.4) is 0 Å². The summed E-state index contributed by atoms with van der Waals surface area (Å²) in [5.74, 6) is 0.706. The van der Waals surface area contributed by atoms with Crippen LogP contribution in [-0.2, 0) is 11.3 Å². The number of nitrogens with one attached hydrogen (secondary N) is 1. The third kappa shape index (κ3) is 3.24. The SMILES string of the molecule is COC(=O)c1cccc(NCc2nc(-c3cccs3)no2)c1C. The first-order valence-corrected chi connectivity index (χ1v) is 7.85. The Bertz CT molecular complexity index is 812. The number of anilines is 1. The average molecular weight is 329 g/mol. The van der Waals surface area contributed by atoms with E-state index < -0.39 is 0 Å². The van der Waals surface area contributed by atoms with Crippen LogP contribution in [0.2, 0.25) is 0 Å². The van der Waals surface area contributed by atoms with Crippen LogP contribution in [-0.4, -0.2) is 23.2 Å². The molecule has 0 saturated carbocycles. The van der Waals surface area contributed by atoms with Gasteiger partial charge in [-0.3, -0.25) is 0 Å². The highest BCUT2D eigenvalue weighted by molar-refractivity contribution is 7.13. The molecule has 0 unspecified atom stereocenters. The molecule has 1 aromatic carbocycles. The number of benzene rings is 1. The molecule has 0 atom stereocenters. The third-order valence-corrected chi connectivity index (χ3v) is 4.24. The van der Waals surface area contributed by atoms with Gasteiger partial charge in [0.15, 0.2) is 0 Å². The first kappa shape index (κ1) is 15.2. The molecule has 0 fully saturated rings. The molecule has 2 heterocycles. The second-order valence-electron chi connectivity index (χ2n) is 4.81. The van der Waals surface area contributed by atoms with Crippen LogP contribution in [0.5, 0.6) is 0 Å². The minimum absolute atomic E-state index is 0.357. The lowest BCUT2D eigenvalue weighted by molar-refractivity contribution is 0.0600. The first-order valence-electron chi connectivity index (χ1n) is 6.97. The van der Waals surface area contributed by atoms with Gasteiger partial charge in [0.2, 0.25) is 11.7 Å². The minimum Gasteiger partial charge on any atom is -0.465 e. The molecule has 1 N–H and O–H groups in total. The maximum Gasteiger partial charge on any atom is 0.338 e. The molecule has 0 bridgehead atoms. The third-order valence-electron chi connectivity index (χ3n) is 3.38. The van der Waals surface area contributed by atoms with Crippen molar-refractivity contribution in [1.82, 2.24) is 10.1 Å². The standard InChI is InChI=1S/C16H15N3O3S/c1-10-11(16(20)21-2)5-3-6-12(10)17-9-14-18-15(19-22-14)13-7-4-8-23-13/h3-8,17H,9H2,1-2H3. The highest BCUT2D eigenvalue weighted by Crippen LogP contribution is 2.23. The summed E-state index contributed by atoms with van der Waals surface area (Å²) >= 11 is 1.56. The van der Waals surface area contributed by atoms with Crippen LogP contribution in [0, 0.1) is 6.92 Å². The van der Waals surface area contributed by atoms with E-state index in [0.29, 0.717) is 23.8 Å². The van der Waals surface area contributed by atoms with E-state index in [-0.39, 0.29) is 5.97 Å². The summed E-state index contributed by atoms with van der Waals surface area (Å²) in [6.45, 7) is 2.24. The van der Waals surface area contributed by atoms with Gasteiger partial charge < -0.3 is 14.6 Å².